The lowest BCUT2D eigenvalue weighted by Crippen LogP contribution is -2.46. The number of anilines is 1. The Labute approximate surface area is 179 Å². The predicted octanol–water partition coefficient (Wildman–Crippen LogP) is 3.82. The lowest BCUT2D eigenvalue weighted by Gasteiger charge is -2.36. The number of carbonyl (C=O) groups excluding carboxylic acids is 1. The number of hydrogen-bond donors (Lipinski definition) is 1. The zero-order valence-electron chi connectivity index (χ0n) is 19.0. The Hall–Kier alpha value is -2.34. The van der Waals surface area contributed by atoms with E-state index in [9.17, 15) is 9.18 Å². The van der Waals surface area contributed by atoms with E-state index >= 15 is 0 Å². The van der Waals surface area contributed by atoms with Gasteiger partial charge < -0.3 is 19.7 Å². The molecule has 1 aromatic heterocycles. The Bertz CT molecular complexity index is 882. The van der Waals surface area contributed by atoms with Gasteiger partial charge >= 0.3 is 0 Å². The van der Waals surface area contributed by atoms with Crippen LogP contribution in [0.25, 0.3) is 0 Å². The average Bonchev–Trinajstić information content (AvgIpc) is 2.96. The van der Waals surface area contributed by atoms with Crippen molar-refractivity contribution in [3.63, 3.8) is 0 Å². The fraction of sp³-hybridized carbons (Fsp3) is 0.542. The van der Waals surface area contributed by atoms with Crippen LogP contribution in [0, 0.1) is 25.6 Å². The first-order valence-electron chi connectivity index (χ1n) is 11.0. The van der Waals surface area contributed by atoms with Crippen LogP contribution in [-0.2, 0) is 6.54 Å². The quantitative estimate of drug-likeness (QED) is 0.749. The van der Waals surface area contributed by atoms with Crippen LogP contribution < -0.4 is 10.2 Å². The van der Waals surface area contributed by atoms with Crippen LogP contribution in [0.15, 0.2) is 24.3 Å². The molecule has 0 spiro atoms. The van der Waals surface area contributed by atoms with E-state index in [2.05, 4.69) is 47.4 Å². The highest BCUT2D eigenvalue weighted by Gasteiger charge is 2.27. The number of nitrogens with one attached hydrogen (secondary N) is 1. The van der Waals surface area contributed by atoms with Gasteiger partial charge in [0.1, 0.15) is 11.5 Å². The summed E-state index contributed by atoms with van der Waals surface area (Å²) in [5.41, 5.74) is 4.77. The van der Waals surface area contributed by atoms with Gasteiger partial charge in [0.15, 0.2) is 0 Å². The highest BCUT2D eigenvalue weighted by Crippen LogP contribution is 2.32. The lowest BCUT2D eigenvalue weighted by atomic mass is 10.1. The van der Waals surface area contributed by atoms with Gasteiger partial charge in [0, 0.05) is 50.5 Å². The number of nitrogens with zero attached hydrogens (tertiary/aromatic N) is 3. The zero-order valence-corrected chi connectivity index (χ0v) is 19.0. The summed E-state index contributed by atoms with van der Waals surface area (Å²) in [5, 5.41) is 3.08. The summed E-state index contributed by atoms with van der Waals surface area (Å²) in [5.74, 6) is 0.0680. The predicted molar refractivity (Wildman–Crippen MR) is 121 cm³/mol. The molecule has 0 bridgehead atoms. The maximum atomic E-state index is 13.8. The second-order valence-electron chi connectivity index (χ2n) is 8.65. The van der Waals surface area contributed by atoms with Crippen molar-refractivity contribution in [1.29, 1.82) is 0 Å². The van der Waals surface area contributed by atoms with Crippen molar-refractivity contribution in [2.24, 2.45) is 5.92 Å². The number of carbonyl (C=O) groups is 1. The minimum Gasteiger partial charge on any atom is -0.367 e. The molecular weight excluding hydrogens is 379 g/mol. The van der Waals surface area contributed by atoms with Crippen LogP contribution in [0.2, 0.25) is 0 Å². The molecule has 3 rings (SSSR count). The summed E-state index contributed by atoms with van der Waals surface area (Å²) in [6.45, 7) is 16.6. The maximum absolute atomic E-state index is 13.8. The largest absolute Gasteiger partial charge is 0.367 e. The number of rotatable bonds is 7. The van der Waals surface area contributed by atoms with E-state index in [1.54, 1.807) is 12.1 Å². The van der Waals surface area contributed by atoms with Gasteiger partial charge in [-0.2, -0.15) is 0 Å². The Morgan fingerprint density at radius 2 is 1.87 bits per heavy atom. The van der Waals surface area contributed by atoms with Crippen molar-refractivity contribution in [2.45, 2.75) is 41.2 Å². The molecule has 0 unspecified atom stereocenters. The summed E-state index contributed by atoms with van der Waals surface area (Å²) in [6, 6.07) is 6.63. The van der Waals surface area contributed by atoms with E-state index in [0.717, 1.165) is 55.2 Å². The topological polar surface area (TPSA) is 40.5 Å². The van der Waals surface area contributed by atoms with E-state index in [1.165, 1.54) is 6.07 Å². The van der Waals surface area contributed by atoms with Gasteiger partial charge in [0.2, 0.25) is 0 Å². The molecule has 0 saturated carbocycles. The van der Waals surface area contributed by atoms with Crippen LogP contribution in [0.4, 0.5) is 10.1 Å². The van der Waals surface area contributed by atoms with Crippen LogP contribution in [0.1, 0.15) is 48.1 Å². The minimum absolute atomic E-state index is 0.0563. The SMILES string of the molecule is CCN1CCN(c2c(C)c(C(=O)NCC(C)C)n(Cc3cccc(F)c3)c2C)CC1. The Morgan fingerprint density at radius 3 is 2.47 bits per heavy atom. The number of benzene rings is 1. The van der Waals surface area contributed by atoms with Gasteiger partial charge in [-0.3, -0.25) is 4.79 Å². The molecule has 0 radical (unpaired) electrons. The third-order valence-corrected chi connectivity index (χ3v) is 5.98. The van der Waals surface area contributed by atoms with Crippen molar-refractivity contribution in [1.82, 2.24) is 14.8 Å². The molecule has 1 aliphatic rings. The third kappa shape index (κ3) is 4.86. The van der Waals surface area contributed by atoms with Crippen LogP contribution >= 0.6 is 0 Å². The minimum atomic E-state index is -0.254. The van der Waals surface area contributed by atoms with Crippen molar-refractivity contribution >= 4 is 11.6 Å². The number of likely N-dealkylation sites (N-methyl/N-ethyl adjacent to an activating group) is 1. The number of aromatic nitrogens is 1. The van der Waals surface area contributed by atoms with E-state index in [1.807, 2.05) is 13.0 Å². The Balaban J connectivity index is 1.98. The molecular formula is C24H35FN4O. The molecule has 2 aromatic rings. The molecule has 0 atom stereocenters. The molecule has 6 heteroatoms. The molecule has 2 heterocycles. The highest BCUT2D eigenvalue weighted by atomic mass is 19.1. The zero-order chi connectivity index (χ0) is 21.8. The second-order valence-corrected chi connectivity index (χ2v) is 8.65. The van der Waals surface area contributed by atoms with E-state index < -0.39 is 0 Å². The molecule has 1 N–H and O–H groups in total. The lowest BCUT2D eigenvalue weighted by molar-refractivity contribution is 0.0939. The summed E-state index contributed by atoms with van der Waals surface area (Å²) in [7, 11) is 0. The number of amides is 1. The van der Waals surface area contributed by atoms with Gasteiger partial charge in [-0.05, 0) is 44.0 Å². The summed E-state index contributed by atoms with van der Waals surface area (Å²) in [4.78, 5) is 18.0. The fourth-order valence-corrected chi connectivity index (χ4v) is 4.32. The van der Waals surface area contributed by atoms with Gasteiger partial charge in [0.05, 0.1) is 5.69 Å². The van der Waals surface area contributed by atoms with Crippen LogP contribution in [-0.4, -0.2) is 54.6 Å². The fourth-order valence-electron chi connectivity index (χ4n) is 4.32. The monoisotopic (exact) mass is 414 g/mol. The van der Waals surface area contributed by atoms with E-state index in [-0.39, 0.29) is 11.7 Å². The standard InChI is InChI=1S/C24H35FN4O/c1-6-27-10-12-28(13-11-27)22-18(4)23(24(30)26-15-17(2)3)29(19(22)5)16-20-8-7-9-21(25)14-20/h7-9,14,17H,6,10-13,15-16H2,1-5H3,(H,26,30). The van der Waals surface area contributed by atoms with E-state index in [4.69, 9.17) is 0 Å². The van der Waals surface area contributed by atoms with Crippen LogP contribution in [0.5, 0.6) is 0 Å². The van der Waals surface area contributed by atoms with Gasteiger partial charge in [0.25, 0.3) is 5.91 Å². The average molecular weight is 415 g/mol. The summed E-state index contributed by atoms with van der Waals surface area (Å²) >= 11 is 0. The third-order valence-electron chi connectivity index (χ3n) is 5.98. The smallest absolute Gasteiger partial charge is 0.268 e. The first kappa shape index (κ1) is 22.3. The van der Waals surface area contributed by atoms with Crippen molar-refractivity contribution < 1.29 is 9.18 Å². The first-order valence-corrected chi connectivity index (χ1v) is 11.0. The second kappa shape index (κ2) is 9.65. The first-order chi connectivity index (χ1) is 14.3. The maximum Gasteiger partial charge on any atom is 0.268 e. The molecule has 164 valence electrons. The molecule has 1 saturated heterocycles. The summed E-state index contributed by atoms with van der Waals surface area (Å²) < 4.78 is 15.8. The molecule has 0 aliphatic carbocycles. The molecule has 5 nitrogen and oxygen atoms in total. The normalized spacial score (nSPS) is 15.1. The number of halogens is 1. The van der Waals surface area contributed by atoms with Gasteiger partial charge in [-0.15, -0.1) is 0 Å². The Morgan fingerprint density at radius 1 is 1.17 bits per heavy atom. The van der Waals surface area contributed by atoms with Gasteiger partial charge in [-0.25, -0.2) is 4.39 Å². The number of piperazine rings is 1. The Kier molecular flexibility index (Phi) is 7.19. The summed E-state index contributed by atoms with van der Waals surface area (Å²) in [6.07, 6.45) is 0. The molecule has 1 amide bonds. The molecule has 1 aliphatic heterocycles. The van der Waals surface area contributed by atoms with Crippen molar-refractivity contribution in [3.05, 3.63) is 52.6 Å². The van der Waals surface area contributed by atoms with Crippen LogP contribution in [0.3, 0.4) is 0 Å². The van der Waals surface area contributed by atoms with Crippen molar-refractivity contribution in [2.75, 3.05) is 44.2 Å². The highest BCUT2D eigenvalue weighted by molar-refractivity contribution is 5.96. The molecule has 1 fully saturated rings. The van der Waals surface area contributed by atoms with Gasteiger partial charge in [-0.1, -0.05) is 32.9 Å². The number of hydrogen-bond acceptors (Lipinski definition) is 3. The molecule has 1 aromatic carbocycles. The van der Waals surface area contributed by atoms with E-state index in [0.29, 0.717) is 24.7 Å². The van der Waals surface area contributed by atoms with Crippen molar-refractivity contribution in [3.8, 4) is 0 Å². The molecule has 30 heavy (non-hydrogen) atoms.